The average molecular weight is 313 g/mol. The van der Waals surface area contributed by atoms with Gasteiger partial charge >= 0.3 is 0 Å². The van der Waals surface area contributed by atoms with Crippen molar-refractivity contribution in [2.75, 3.05) is 18.0 Å². The van der Waals surface area contributed by atoms with Crippen LogP contribution in [0.4, 0.5) is 10.1 Å². The average Bonchev–Trinajstić information content (AvgIpc) is 2.31. The maximum absolute atomic E-state index is 14.2. The van der Waals surface area contributed by atoms with Crippen LogP contribution in [0.25, 0.3) is 0 Å². The van der Waals surface area contributed by atoms with Gasteiger partial charge in [0, 0.05) is 13.1 Å². The normalized spacial score (nSPS) is 23.8. The first-order chi connectivity index (χ1) is 8.52. The van der Waals surface area contributed by atoms with Crippen molar-refractivity contribution in [1.29, 1.82) is 5.26 Å². The summed E-state index contributed by atoms with van der Waals surface area (Å²) in [6.45, 7) is 5.25. The van der Waals surface area contributed by atoms with E-state index >= 15 is 0 Å². The third-order valence-corrected chi connectivity index (χ3v) is 3.72. The Labute approximate surface area is 114 Å². The van der Waals surface area contributed by atoms with Gasteiger partial charge in [0.05, 0.1) is 27.9 Å². The minimum Gasteiger partial charge on any atom is -0.372 e. The molecule has 0 aliphatic carbocycles. The van der Waals surface area contributed by atoms with Gasteiger partial charge in [0.25, 0.3) is 0 Å². The van der Waals surface area contributed by atoms with Crippen molar-refractivity contribution in [1.82, 2.24) is 0 Å². The van der Waals surface area contributed by atoms with Crippen LogP contribution in [-0.2, 0) is 4.74 Å². The van der Waals surface area contributed by atoms with E-state index < -0.39 is 0 Å². The summed E-state index contributed by atoms with van der Waals surface area (Å²) in [4.78, 5) is 1.96. The third-order valence-electron chi connectivity index (χ3n) is 2.94. The number of morpholine rings is 1. The fourth-order valence-electron chi connectivity index (χ4n) is 2.24. The summed E-state index contributed by atoms with van der Waals surface area (Å²) in [5.74, 6) is -0.379. The van der Waals surface area contributed by atoms with Crippen LogP contribution in [-0.4, -0.2) is 25.3 Å². The van der Waals surface area contributed by atoms with E-state index in [1.54, 1.807) is 12.1 Å². The first-order valence-corrected chi connectivity index (χ1v) is 6.60. The Kier molecular flexibility index (Phi) is 3.88. The van der Waals surface area contributed by atoms with Gasteiger partial charge in [-0.05, 0) is 41.9 Å². The van der Waals surface area contributed by atoms with Gasteiger partial charge in [0.2, 0.25) is 0 Å². The molecular weight excluding hydrogens is 299 g/mol. The smallest absolute Gasteiger partial charge is 0.161 e. The van der Waals surface area contributed by atoms with Crippen molar-refractivity contribution in [3.63, 3.8) is 0 Å². The summed E-state index contributed by atoms with van der Waals surface area (Å²) < 4.78 is 20.1. The second-order valence-corrected chi connectivity index (χ2v) is 5.33. The lowest BCUT2D eigenvalue weighted by Crippen LogP contribution is -2.45. The van der Waals surface area contributed by atoms with Crippen molar-refractivity contribution in [2.45, 2.75) is 26.1 Å². The summed E-state index contributed by atoms with van der Waals surface area (Å²) in [7, 11) is 0. The van der Waals surface area contributed by atoms with Crippen molar-refractivity contribution in [3.8, 4) is 6.07 Å². The zero-order valence-electron chi connectivity index (χ0n) is 10.3. The number of benzene rings is 1. The Morgan fingerprint density at radius 3 is 2.56 bits per heavy atom. The van der Waals surface area contributed by atoms with Gasteiger partial charge in [-0.1, -0.05) is 0 Å². The summed E-state index contributed by atoms with van der Waals surface area (Å²) in [5, 5.41) is 8.85. The fourth-order valence-corrected chi connectivity index (χ4v) is 2.67. The van der Waals surface area contributed by atoms with E-state index in [1.807, 2.05) is 24.8 Å². The van der Waals surface area contributed by atoms with Crippen LogP contribution in [0.15, 0.2) is 16.6 Å². The molecule has 0 amide bonds. The highest BCUT2D eigenvalue weighted by Gasteiger charge is 2.25. The van der Waals surface area contributed by atoms with Crippen LogP contribution in [0.2, 0.25) is 0 Å². The molecule has 18 heavy (non-hydrogen) atoms. The number of hydrogen-bond acceptors (Lipinski definition) is 3. The Hall–Kier alpha value is -1.12. The van der Waals surface area contributed by atoms with E-state index in [9.17, 15) is 4.39 Å². The molecule has 0 N–H and O–H groups in total. The molecule has 2 atom stereocenters. The van der Waals surface area contributed by atoms with E-state index in [4.69, 9.17) is 10.00 Å². The van der Waals surface area contributed by atoms with Gasteiger partial charge in [-0.15, -0.1) is 0 Å². The topological polar surface area (TPSA) is 36.3 Å². The quantitative estimate of drug-likeness (QED) is 0.799. The molecule has 1 aliphatic heterocycles. The SMILES string of the molecule is CC1CN(c2ccc(C#N)c(Br)c2F)CC(C)O1. The fraction of sp³-hybridized carbons (Fsp3) is 0.462. The van der Waals surface area contributed by atoms with Crippen LogP contribution in [0, 0.1) is 17.1 Å². The lowest BCUT2D eigenvalue weighted by atomic mass is 10.1. The summed E-state index contributed by atoms with van der Waals surface area (Å²) in [6, 6.07) is 5.24. The van der Waals surface area contributed by atoms with E-state index in [2.05, 4.69) is 15.9 Å². The van der Waals surface area contributed by atoms with Crippen LogP contribution in [0.5, 0.6) is 0 Å². The summed E-state index contributed by atoms with van der Waals surface area (Å²) >= 11 is 3.13. The highest BCUT2D eigenvalue weighted by atomic mass is 79.9. The van der Waals surface area contributed by atoms with Gasteiger partial charge in [-0.2, -0.15) is 5.26 Å². The Morgan fingerprint density at radius 2 is 2.00 bits per heavy atom. The second-order valence-electron chi connectivity index (χ2n) is 4.53. The maximum atomic E-state index is 14.2. The second kappa shape index (κ2) is 5.25. The van der Waals surface area contributed by atoms with Crippen molar-refractivity contribution >= 4 is 21.6 Å². The molecule has 0 bridgehead atoms. The number of ether oxygens (including phenoxy) is 1. The van der Waals surface area contributed by atoms with Crippen molar-refractivity contribution < 1.29 is 9.13 Å². The first kappa shape index (κ1) is 13.3. The number of nitriles is 1. The predicted molar refractivity (Wildman–Crippen MR) is 71.0 cm³/mol. The molecule has 0 spiro atoms. The number of nitrogens with zero attached hydrogens (tertiary/aromatic N) is 2. The molecule has 3 nitrogen and oxygen atoms in total. The van der Waals surface area contributed by atoms with Crippen molar-refractivity contribution in [3.05, 3.63) is 28.0 Å². The summed E-state index contributed by atoms with van der Waals surface area (Å²) in [6.07, 6.45) is 0.144. The molecule has 1 aromatic carbocycles. The van der Waals surface area contributed by atoms with E-state index in [0.717, 1.165) is 0 Å². The number of rotatable bonds is 1. The predicted octanol–water partition coefficient (Wildman–Crippen LogP) is 3.07. The molecule has 0 saturated carbocycles. The minimum atomic E-state index is -0.379. The molecule has 2 rings (SSSR count). The van der Waals surface area contributed by atoms with Crippen molar-refractivity contribution in [2.24, 2.45) is 0 Å². The van der Waals surface area contributed by atoms with E-state index in [0.29, 0.717) is 24.3 Å². The zero-order chi connectivity index (χ0) is 13.3. The molecule has 1 aliphatic rings. The monoisotopic (exact) mass is 312 g/mol. The molecule has 1 fully saturated rings. The highest BCUT2D eigenvalue weighted by Crippen LogP contribution is 2.30. The largest absolute Gasteiger partial charge is 0.372 e. The molecule has 1 heterocycles. The molecule has 0 radical (unpaired) electrons. The van der Waals surface area contributed by atoms with Gasteiger partial charge < -0.3 is 9.64 Å². The number of anilines is 1. The highest BCUT2D eigenvalue weighted by molar-refractivity contribution is 9.10. The Balaban J connectivity index is 2.34. The molecule has 0 aromatic heterocycles. The van der Waals surface area contributed by atoms with Gasteiger partial charge in [0.15, 0.2) is 5.82 Å². The minimum absolute atomic E-state index is 0.0718. The summed E-state index contributed by atoms with van der Waals surface area (Å²) in [5.41, 5.74) is 0.827. The van der Waals surface area contributed by atoms with Crippen LogP contribution < -0.4 is 4.90 Å². The zero-order valence-corrected chi connectivity index (χ0v) is 11.9. The van der Waals surface area contributed by atoms with E-state index in [1.165, 1.54) is 0 Å². The number of hydrogen-bond donors (Lipinski definition) is 0. The molecule has 1 aromatic rings. The van der Waals surface area contributed by atoms with Crippen LogP contribution in [0.3, 0.4) is 0 Å². The van der Waals surface area contributed by atoms with Gasteiger partial charge in [-0.25, -0.2) is 4.39 Å². The lowest BCUT2D eigenvalue weighted by Gasteiger charge is -2.37. The molecule has 96 valence electrons. The first-order valence-electron chi connectivity index (χ1n) is 5.81. The van der Waals surface area contributed by atoms with Gasteiger partial charge in [0.1, 0.15) is 6.07 Å². The van der Waals surface area contributed by atoms with E-state index in [-0.39, 0.29) is 22.5 Å². The third kappa shape index (κ3) is 2.50. The maximum Gasteiger partial charge on any atom is 0.161 e. The van der Waals surface area contributed by atoms with Gasteiger partial charge in [-0.3, -0.25) is 0 Å². The number of halogens is 2. The van der Waals surface area contributed by atoms with Crippen LogP contribution >= 0.6 is 15.9 Å². The Bertz CT molecular complexity index is 490. The molecular formula is C13H14BrFN2O. The molecule has 2 unspecified atom stereocenters. The molecule has 1 saturated heterocycles. The standard InChI is InChI=1S/C13H14BrFN2O/c1-8-6-17(7-9(2)18-8)11-4-3-10(5-16)12(14)13(11)15/h3-4,8-9H,6-7H2,1-2H3. The lowest BCUT2D eigenvalue weighted by molar-refractivity contribution is -0.00539. The Morgan fingerprint density at radius 1 is 1.39 bits per heavy atom. The molecule has 5 heteroatoms. The van der Waals surface area contributed by atoms with Crippen LogP contribution in [0.1, 0.15) is 19.4 Å².